The molecule has 0 fully saturated rings. The minimum atomic E-state index is -0.390. The lowest BCUT2D eigenvalue weighted by molar-refractivity contribution is -0.120. The number of nitrogens with one attached hydrogen (secondary N) is 1. The van der Waals surface area contributed by atoms with Crippen LogP contribution in [-0.2, 0) is 9.53 Å². The van der Waals surface area contributed by atoms with Crippen LogP contribution < -0.4 is 15.8 Å². The summed E-state index contributed by atoms with van der Waals surface area (Å²) < 4.78 is 10.4. The number of carbonyl (C=O) groups is 1. The van der Waals surface area contributed by atoms with E-state index in [2.05, 4.69) is 5.32 Å². The Hall–Kier alpha value is -1.79. The second-order valence-corrected chi connectivity index (χ2v) is 6.11. The van der Waals surface area contributed by atoms with Crippen LogP contribution in [0.5, 0.6) is 5.75 Å². The van der Waals surface area contributed by atoms with E-state index in [-0.39, 0.29) is 30.3 Å². The molecule has 2 aromatic rings. The van der Waals surface area contributed by atoms with Crippen LogP contribution in [0, 0.1) is 5.92 Å². The number of hydrogen-bond donors (Lipinski definition) is 2. The normalized spacial score (nSPS) is 12.6. The summed E-state index contributed by atoms with van der Waals surface area (Å²) in [6.07, 6.45) is 0. The molecule has 3 N–H and O–H groups in total. The molecule has 0 heterocycles. The molecule has 0 aliphatic heterocycles. The third-order valence-electron chi connectivity index (χ3n) is 3.88. The van der Waals surface area contributed by atoms with Gasteiger partial charge in [0, 0.05) is 18.8 Å². The van der Waals surface area contributed by atoms with E-state index < -0.39 is 0 Å². The molecule has 0 radical (unpaired) electrons. The van der Waals surface area contributed by atoms with E-state index >= 15 is 0 Å². The largest absolute Gasteiger partial charge is 0.490 e. The summed E-state index contributed by atoms with van der Waals surface area (Å²) in [6.45, 7) is 2.69. The van der Waals surface area contributed by atoms with Gasteiger partial charge < -0.3 is 20.5 Å². The molecular weight excluding hydrogens is 375 g/mol. The molecule has 0 saturated heterocycles. The SMILES string of the molecule is COCCOc1ccc(NC(=O)C(C)C(N)c2ccccc2)cc1Cl.Cl. The lowest BCUT2D eigenvalue weighted by atomic mass is 9.94. The Labute approximate surface area is 165 Å². The molecule has 1 amide bonds. The van der Waals surface area contributed by atoms with E-state index in [4.69, 9.17) is 26.8 Å². The quantitative estimate of drug-likeness (QED) is 0.657. The minimum absolute atomic E-state index is 0. The summed E-state index contributed by atoms with van der Waals surface area (Å²) in [7, 11) is 1.60. The van der Waals surface area contributed by atoms with Crippen molar-refractivity contribution in [2.24, 2.45) is 11.7 Å². The van der Waals surface area contributed by atoms with Crippen molar-refractivity contribution in [3.05, 3.63) is 59.1 Å². The Kier molecular flexibility index (Phi) is 9.44. The molecule has 2 aromatic carbocycles. The highest BCUT2D eigenvalue weighted by Gasteiger charge is 2.22. The topological polar surface area (TPSA) is 73.6 Å². The third-order valence-corrected chi connectivity index (χ3v) is 4.18. The molecule has 26 heavy (non-hydrogen) atoms. The standard InChI is InChI=1S/C19H23ClN2O3.ClH/c1-13(18(21)14-6-4-3-5-7-14)19(23)22-15-8-9-17(16(20)12-15)25-11-10-24-2;/h3-9,12-13,18H,10-11,21H2,1-2H3,(H,22,23);1H. The van der Waals surface area contributed by atoms with Gasteiger partial charge >= 0.3 is 0 Å². The molecule has 5 nitrogen and oxygen atoms in total. The smallest absolute Gasteiger partial charge is 0.229 e. The van der Waals surface area contributed by atoms with E-state index in [1.807, 2.05) is 30.3 Å². The Bertz CT molecular complexity index is 698. The van der Waals surface area contributed by atoms with Crippen LogP contribution >= 0.6 is 24.0 Å². The lowest BCUT2D eigenvalue weighted by Gasteiger charge is -2.20. The molecule has 0 aliphatic rings. The molecule has 0 aromatic heterocycles. The lowest BCUT2D eigenvalue weighted by Crippen LogP contribution is -2.30. The minimum Gasteiger partial charge on any atom is -0.490 e. The Morgan fingerprint density at radius 3 is 2.50 bits per heavy atom. The number of hydrogen-bond acceptors (Lipinski definition) is 4. The van der Waals surface area contributed by atoms with Crippen molar-refractivity contribution in [2.45, 2.75) is 13.0 Å². The highest BCUT2D eigenvalue weighted by Crippen LogP contribution is 2.28. The average molecular weight is 399 g/mol. The fourth-order valence-corrected chi connectivity index (χ4v) is 2.55. The number of nitrogens with two attached hydrogens (primary N) is 1. The van der Waals surface area contributed by atoms with Gasteiger partial charge in [-0.3, -0.25) is 4.79 Å². The van der Waals surface area contributed by atoms with Crippen LogP contribution in [-0.4, -0.2) is 26.2 Å². The van der Waals surface area contributed by atoms with Gasteiger partial charge in [0.25, 0.3) is 0 Å². The molecule has 2 atom stereocenters. The summed E-state index contributed by atoms with van der Waals surface area (Å²) in [4.78, 5) is 12.5. The van der Waals surface area contributed by atoms with Crippen molar-refractivity contribution in [2.75, 3.05) is 25.6 Å². The number of anilines is 1. The zero-order chi connectivity index (χ0) is 18.2. The van der Waals surface area contributed by atoms with Crippen LogP contribution in [0.1, 0.15) is 18.5 Å². The predicted octanol–water partition coefficient (Wildman–Crippen LogP) is 4.06. The van der Waals surface area contributed by atoms with Gasteiger partial charge in [-0.15, -0.1) is 12.4 Å². The Balaban J connectivity index is 0.00000338. The van der Waals surface area contributed by atoms with E-state index in [0.29, 0.717) is 29.7 Å². The van der Waals surface area contributed by atoms with Gasteiger partial charge in [-0.25, -0.2) is 0 Å². The van der Waals surface area contributed by atoms with Gasteiger partial charge in [0.15, 0.2) is 0 Å². The summed E-state index contributed by atoms with van der Waals surface area (Å²) in [5.74, 6) is -0.00923. The number of halogens is 2. The highest BCUT2D eigenvalue weighted by molar-refractivity contribution is 6.32. The maximum absolute atomic E-state index is 12.5. The number of rotatable bonds is 8. The fourth-order valence-electron chi connectivity index (χ4n) is 2.31. The van der Waals surface area contributed by atoms with Gasteiger partial charge in [-0.1, -0.05) is 48.9 Å². The number of benzene rings is 2. The molecule has 0 saturated carbocycles. The first-order chi connectivity index (χ1) is 12.0. The van der Waals surface area contributed by atoms with Gasteiger partial charge in [-0.2, -0.15) is 0 Å². The number of carbonyl (C=O) groups excluding carboxylic acids is 1. The van der Waals surface area contributed by atoms with Crippen LogP contribution in [0.25, 0.3) is 0 Å². The first kappa shape index (κ1) is 22.3. The van der Waals surface area contributed by atoms with Crippen molar-refractivity contribution in [1.82, 2.24) is 0 Å². The molecule has 0 aliphatic carbocycles. The predicted molar refractivity (Wildman–Crippen MR) is 107 cm³/mol. The first-order valence-electron chi connectivity index (χ1n) is 8.05. The average Bonchev–Trinajstić information content (AvgIpc) is 2.63. The number of ether oxygens (including phenoxy) is 2. The highest BCUT2D eigenvalue weighted by atomic mass is 35.5. The third kappa shape index (κ3) is 6.18. The maximum atomic E-state index is 12.5. The zero-order valence-electron chi connectivity index (χ0n) is 14.8. The van der Waals surface area contributed by atoms with Gasteiger partial charge in [0.2, 0.25) is 5.91 Å². The van der Waals surface area contributed by atoms with Gasteiger partial charge in [0.05, 0.1) is 17.5 Å². The van der Waals surface area contributed by atoms with E-state index in [1.165, 1.54) is 0 Å². The monoisotopic (exact) mass is 398 g/mol. The second kappa shape index (κ2) is 11.0. The molecule has 0 bridgehead atoms. The second-order valence-electron chi connectivity index (χ2n) is 5.70. The van der Waals surface area contributed by atoms with Crippen LogP contribution in [0.2, 0.25) is 5.02 Å². The zero-order valence-corrected chi connectivity index (χ0v) is 16.3. The van der Waals surface area contributed by atoms with Crippen molar-refractivity contribution in [3.8, 4) is 5.75 Å². The van der Waals surface area contributed by atoms with Crippen LogP contribution in [0.3, 0.4) is 0 Å². The van der Waals surface area contributed by atoms with E-state index in [9.17, 15) is 4.79 Å². The summed E-state index contributed by atoms with van der Waals surface area (Å²) >= 11 is 6.19. The molecule has 2 rings (SSSR count). The van der Waals surface area contributed by atoms with Gasteiger partial charge in [0.1, 0.15) is 12.4 Å². The molecular formula is C19H24Cl2N2O3. The first-order valence-corrected chi connectivity index (χ1v) is 8.43. The summed E-state index contributed by atoms with van der Waals surface area (Å²) in [5.41, 5.74) is 7.72. The van der Waals surface area contributed by atoms with E-state index in [0.717, 1.165) is 5.56 Å². The Morgan fingerprint density at radius 2 is 1.88 bits per heavy atom. The summed E-state index contributed by atoms with van der Waals surface area (Å²) in [6, 6.07) is 14.3. The van der Waals surface area contributed by atoms with E-state index in [1.54, 1.807) is 32.2 Å². The molecule has 2 unspecified atom stereocenters. The summed E-state index contributed by atoms with van der Waals surface area (Å²) in [5, 5.41) is 3.27. The van der Waals surface area contributed by atoms with Crippen molar-refractivity contribution in [1.29, 1.82) is 0 Å². The van der Waals surface area contributed by atoms with Crippen LogP contribution in [0.4, 0.5) is 5.69 Å². The van der Waals surface area contributed by atoms with Crippen molar-refractivity contribution >= 4 is 35.6 Å². The number of amides is 1. The molecule has 7 heteroatoms. The van der Waals surface area contributed by atoms with Crippen molar-refractivity contribution in [3.63, 3.8) is 0 Å². The number of methoxy groups -OCH3 is 1. The Morgan fingerprint density at radius 1 is 1.19 bits per heavy atom. The fraction of sp³-hybridized carbons (Fsp3) is 0.316. The molecule has 142 valence electrons. The maximum Gasteiger partial charge on any atom is 0.229 e. The van der Waals surface area contributed by atoms with Crippen molar-refractivity contribution < 1.29 is 14.3 Å². The molecule has 0 spiro atoms. The van der Waals surface area contributed by atoms with Crippen LogP contribution in [0.15, 0.2) is 48.5 Å². The van der Waals surface area contributed by atoms with Gasteiger partial charge in [-0.05, 0) is 23.8 Å².